The Hall–Kier alpha value is -1.66. The summed E-state index contributed by atoms with van der Waals surface area (Å²) in [5, 5.41) is 18.8. The van der Waals surface area contributed by atoms with Crippen LogP contribution in [0.2, 0.25) is 0 Å². The largest absolute Gasteiger partial charge is 0.508 e. The van der Waals surface area contributed by atoms with E-state index in [2.05, 4.69) is 0 Å². The third-order valence-corrected chi connectivity index (χ3v) is 3.59. The molecule has 0 saturated carbocycles. The van der Waals surface area contributed by atoms with Crippen molar-refractivity contribution in [2.24, 2.45) is 0 Å². The van der Waals surface area contributed by atoms with E-state index >= 15 is 0 Å². The van der Waals surface area contributed by atoms with Gasteiger partial charge in [0, 0.05) is 37.8 Å². The molecule has 8 heteroatoms. The Labute approximate surface area is 131 Å². The Morgan fingerprint density at radius 2 is 1.43 bits per heavy atom. The number of aromatic hydroxyl groups is 2. The molecule has 0 spiro atoms. The van der Waals surface area contributed by atoms with Crippen LogP contribution in [0.1, 0.15) is 10.4 Å². The Morgan fingerprint density at radius 3 is 1.90 bits per heavy atom. The van der Waals surface area contributed by atoms with Gasteiger partial charge in [0.1, 0.15) is 11.5 Å². The van der Waals surface area contributed by atoms with Crippen LogP contribution in [0.15, 0.2) is 18.2 Å². The number of rotatable bonds is 2. The van der Waals surface area contributed by atoms with Crippen molar-refractivity contribution in [3.63, 3.8) is 0 Å². The van der Waals surface area contributed by atoms with Crippen LogP contribution in [0.5, 0.6) is 11.5 Å². The topological polar surface area (TPSA) is 81.1 Å². The first-order valence-corrected chi connectivity index (χ1v) is 7.15. The summed E-state index contributed by atoms with van der Waals surface area (Å²) in [4.78, 5) is 25.8. The fourth-order valence-electron chi connectivity index (χ4n) is 2.17. The van der Waals surface area contributed by atoms with E-state index in [-0.39, 0.29) is 28.9 Å². The highest BCUT2D eigenvalue weighted by Crippen LogP contribution is 2.22. The molecule has 1 aromatic carbocycles. The molecule has 0 aliphatic carbocycles. The molecule has 0 atom stereocenters. The van der Waals surface area contributed by atoms with Crippen LogP contribution >= 0.6 is 23.2 Å². The summed E-state index contributed by atoms with van der Waals surface area (Å²) in [5.41, 5.74) is 0.194. The quantitative estimate of drug-likeness (QED) is 0.797. The first kappa shape index (κ1) is 15.7. The smallest absolute Gasteiger partial charge is 0.255 e. The van der Waals surface area contributed by atoms with E-state index in [4.69, 9.17) is 23.2 Å². The van der Waals surface area contributed by atoms with E-state index in [0.717, 1.165) is 6.07 Å². The second-order valence-electron chi connectivity index (χ2n) is 4.66. The number of alkyl halides is 2. The Kier molecular flexibility index (Phi) is 4.80. The highest BCUT2D eigenvalue weighted by Gasteiger charge is 2.27. The Balaban J connectivity index is 2.02. The van der Waals surface area contributed by atoms with Gasteiger partial charge in [0.15, 0.2) is 4.84 Å². The second kappa shape index (κ2) is 6.41. The Morgan fingerprint density at radius 1 is 0.952 bits per heavy atom. The SMILES string of the molecule is O=C(c1cc(O)cc(O)c1)N1CCN(C(=O)C(Cl)Cl)CC1. The number of carbonyl (C=O) groups excluding carboxylic acids is 2. The van der Waals surface area contributed by atoms with Crippen LogP contribution in [0.3, 0.4) is 0 Å². The molecule has 1 aliphatic heterocycles. The predicted octanol–water partition coefficient (Wildman–Crippen LogP) is 1.19. The van der Waals surface area contributed by atoms with E-state index in [1.165, 1.54) is 21.9 Å². The van der Waals surface area contributed by atoms with Crippen molar-refractivity contribution in [1.29, 1.82) is 0 Å². The van der Waals surface area contributed by atoms with Gasteiger partial charge in [0.25, 0.3) is 11.8 Å². The van der Waals surface area contributed by atoms with Gasteiger partial charge in [-0.1, -0.05) is 23.2 Å². The average molecular weight is 333 g/mol. The number of nitrogens with zero attached hydrogens (tertiary/aromatic N) is 2. The van der Waals surface area contributed by atoms with Crippen molar-refractivity contribution in [3.05, 3.63) is 23.8 Å². The molecule has 2 amide bonds. The predicted molar refractivity (Wildman–Crippen MR) is 77.7 cm³/mol. The first-order chi connectivity index (χ1) is 9.88. The molecular formula is C13H14Cl2N2O4. The van der Waals surface area contributed by atoms with Crippen molar-refractivity contribution in [2.75, 3.05) is 26.2 Å². The fraction of sp³-hybridized carbons (Fsp3) is 0.385. The lowest BCUT2D eigenvalue weighted by molar-refractivity contribution is -0.130. The molecule has 114 valence electrons. The summed E-state index contributed by atoms with van der Waals surface area (Å²) < 4.78 is 0. The van der Waals surface area contributed by atoms with E-state index in [9.17, 15) is 19.8 Å². The van der Waals surface area contributed by atoms with E-state index in [0.29, 0.717) is 26.2 Å². The first-order valence-electron chi connectivity index (χ1n) is 6.27. The van der Waals surface area contributed by atoms with Crippen molar-refractivity contribution in [2.45, 2.75) is 4.84 Å². The molecule has 1 heterocycles. The molecule has 0 unspecified atom stereocenters. The molecule has 21 heavy (non-hydrogen) atoms. The summed E-state index contributed by atoms with van der Waals surface area (Å²) in [6, 6.07) is 3.72. The number of hydrogen-bond donors (Lipinski definition) is 2. The van der Waals surface area contributed by atoms with Gasteiger partial charge in [0.2, 0.25) is 0 Å². The number of hydrogen-bond acceptors (Lipinski definition) is 4. The molecule has 1 fully saturated rings. The third kappa shape index (κ3) is 3.71. The molecule has 1 aromatic rings. The molecule has 2 N–H and O–H groups in total. The van der Waals surface area contributed by atoms with Gasteiger partial charge in [0.05, 0.1) is 0 Å². The van der Waals surface area contributed by atoms with Crippen molar-refractivity contribution >= 4 is 35.0 Å². The fourth-order valence-corrected chi connectivity index (χ4v) is 2.45. The maximum atomic E-state index is 12.3. The number of benzene rings is 1. The molecule has 1 aliphatic rings. The molecule has 0 bridgehead atoms. The van der Waals surface area contributed by atoms with Gasteiger partial charge in [-0.05, 0) is 12.1 Å². The number of halogens is 2. The van der Waals surface area contributed by atoms with Gasteiger partial charge in [-0.25, -0.2) is 0 Å². The van der Waals surface area contributed by atoms with E-state index in [1.54, 1.807) is 0 Å². The zero-order chi connectivity index (χ0) is 15.6. The second-order valence-corrected chi connectivity index (χ2v) is 5.75. The lowest BCUT2D eigenvalue weighted by Gasteiger charge is -2.35. The normalized spacial score (nSPS) is 15.4. The summed E-state index contributed by atoms with van der Waals surface area (Å²) in [7, 11) is 0. The molecular weight excluding hydrogens is 319 g/mol. The number of carbonyl (C=O) groups is 2. The van der Waals surface area contributed by atoms with Gasteiger partial charge in [-0.15, -0.1) is 0 Å². The average Bonchev–Trinajstić information content (AvgIpc) is 2.44. The van der Waals surface area contributed by atoms with E-state index < -0.39 is 4.84 Å². The minimum atomic E-state index is -1.10. The van der Waals surface area contributed by atoms with Gasteiger partial charge < -0.3 is 20.0 Å². The van der Waals surface area contributed by atoms with Crippen LogP contribution in [0, 0.1) is 0 Å². The highest BCUT2D eigenvalue weighted by atomic mass is 35.5. The van der Waals surface area contributed by atoms with Crippen LogP contribution in [-0.2, 0) is 4.79 Å². The molecule has 2 rings (SSSR count). The summed E-state index contributed by atoms with van der Waals surface area (Å²) >= 11 is 11.1. The maximum absolute atomic E-state index is 12.3. The summed E-state index contributed by atoms with van der Waals surface area (Å²) in [6.07, 6.45) is 0. The third-order valence-electron chi connectivity index (χ3n) is 3.21. The van der Waals surface area contributed by atoms with Crippen LogP contribution in [0.4, 0.5) is 0 Å². The molecule has 0 radical (unpaired) electrons. The van der Waals surface area contributed by atoms with Gasteiger partial charge >= 0.3 is 0 Å². The summed E-state index contributed by atoms with van der Waals surface area (Å²) in [5.74, 6) is -1.06. The van der Waals surface area contributed by atoms with Crippen LogP contribution < -0.4 is 0 Å². The van der Waals surface area contributed by atoms with Crippen molar-refractivity contribution < 1.29 is 19.8 Å². The highest BCUT2D eigenvalue weighted by molar-refractivity contribution is 6.53. The van der Waals surface area contributed by atoms with Crippen LogP contribution in [-0.4, -0.2) is 62.8 Å². The van der Waals surface area contributed by atoms with Gasteiger partial charge in [-0.3, -0.25) is 9.59 Å². The van der Waals surface area contributed by atoms with Crippen molar-refractivity contribution in [1.82, 2.24) is 9.80 Å². The lowest BCUT2D eigenvalue weighted by atomic mass is 10.1. The molecule has 0 aromatic heterocycles. The maximum Gasteiger partial charge on any atom is 0.255 e. The Bertz CT molecular complexity index is 537. The minimum absolute atomic E-state index is 0.181. The number of phenolic OH excluding ortho intramolecular Hbond substituents is 2. The molecule has 6 nitrogen and oxygen atoms in total. The molecule has 1 saturated heterocycles. The van der Waals surface area contributed by atoms with Crippen LogP contribution in [0.25, 0.3) is 0 Å². The lowest BCUT2D eigenvalue weighted by Crippen LogP contribution is -2.51. The summed E-state index contributed by atoms with van der Waals surface area (Å²) in [6.45, 7) is 1.35. The van der Waals surface area contributed by atoms with E-state index in [1.807, 2.05) is 0 Å². The zero-order valence-corrected chi connectivity index (χ0v) is 12.5. The van der Waals surface area contributed by atoms with Crippen molar-refractivity contribution in [3.8, 4) is 11.5 Å². The number of phenols is 2. The minimum Gasteiger partial charge on any atom is -0.508 e. The number of piperazine rings is 1. The monoisotopic (exact) mass is 332 g/mol. The standard InChI is InChI=1S/C13H14Cl2N2O4/c14-11(15)13(21)17-3-1-16(2-4-17)12(20)8-5-9(18)7-10(19)6-8/h5-7,11,18-19H,1-4H2. The number of amides is 2. The van der Waals surface area contributed by atoms with Gasteiger partial charge in [-0.2, -0.15) is 0 Å². The zero-order valence-electron chi connectivity index (χ0n) is 11.0.